The van der Waals surface area contributed by atoms with Crippen molar-refractivity contribution >= 4 is 34.8 Å². The van der Waals surface area contributed by atoms with Crippen LogP contribution in [0, 0.1) is 0 Å². The molecular weight excluding hydrogens is 308 g/mol. The molecule has 0 unspecified atom stereocenters. The Labute approximate surface area is 135 Å². The molecule has 0 spiro atoms. The second-order valence-corrected chi connectivity index (χ2v) is 7.09. The van der Waals surface area contributed by atoms with Crippen molar-refractivity contribution in [3.05, 3.63) is 21.3 Å². The van der Waals surface area contributed by atoms with Crippen molar-refractivity contribution in [2.75, 3.05) is 27.7 Å². The largest absolute Gasteiger partial charge is 0.354 e. The van der Waals surface area contributed by atoms with Gasteiger partial charge in [0.25, 0.3) is 0 Å². The number of likely N-dealkylation sites (N-methyl/N-ethyl adjacent to an activating group) is 1. The standard InChI is InChI=1S/C14H23ClN4OS/c1-10(2)17-14(16-8-13(20)18(3)4)19(5)9-11-6-7-12(15)21-11/h6-7,10H,8-9H2,1-5H3,(H,16,17). The number of aliphatic imine (C=N–C) groups is 1. The van der Waals surface area contributed by atoms with E-state index in [-0.39, 0.29) is 18.5 Å². The summed E-state index contributed by atoms with van der Waals surface area (Å²) in [6.07, 6.45) is 0. The molecule has 5 nitrogen and oxygen atoms in total. The number of halogens is 1. The maximum Gasteiger partial charge on any atom is 0.243 e. The molecule has 1 rings (SSSR count). The quantitative estimate of drug-likeness (QED) is 0.665. The van der Waals surface area contributed by atoms with E-state index in [1.807, 2.05) is 37.9 Å². The summed E-state index contributed by atoms with van der Waals surface area (Å²) in [6, 6.07) is 4.13. The van der Waals surface area contributed by atoms with Crippen LogP contribution in [0.5, 0.6) is 0 Å². The van der Waals surface area contributed by atoms with Gasteiger partial charge in [0, 0.05) is 32.1 Å². The molecule has 1 heterocycles. The molecule has 1 aromatic rings. The fourth-order valence-corrected chi connectivity index (χ4v) is 2.71. The van der Waals surface area contributed by atoms with Crippen LogP contribution in [-0.2, 0) is 11.3 Å². The molecule has 1 amide bonds. The van der Waals surface area contributed by atoms with Gasteiger partial charge in [-0.1, -0.05) is 11.6 Å². The molecule has 0 bridgehead atoms. The maximum absolute atomic E-state index is 11.7. The van der Waals surface area contributed by atoms with E-state index >= 15 is 0 Å². The summed E-state index contributed by atoms with van der Waals surface area (Å²) < 4.78 is 0.775. The summed E-state index contributed by atoms with van der Waals surface area (Å²) in [4.78, 5) is 20.8. The minimum atomic E-state index is -0.0226. The lowest BCUT2D eigenvalue weighted by molar-refractivity contribution is -0.127. The number of hydrogen-bond acceptors (Lipinski definition) is 3. The summed E-state index contributed by atoms with van der Waals surface area (Å²) in [7, 11) is 5.40. The summed E-state index contributed by atoms with van der Waals surface area (Å²) in [6.45, 7) is 4.92. The lowest BCUT2D eigenvalue weighted by atomic mass is 10.4. The highest BCUT2D eigenvalue weighted by Gasteiger charge is 2.11. The number of rotatable bonds is 5. The summed E-state index contributed by atoms with van der Waals surface area (Å²) in [5, 5.41) is 3.28. The number of guanidine groups is 1. The van der Waals surface area contributed by atoms with Gasteiger partial charge in [0.2, 0.25) is 5.91 Å². The van der Waals surface area contributed by atoms with Crippen molar-refractivity contribution in [3.63, 3.8) is 0 Å². The maximum atomic E-state index is 11.7. The summed E-state index contributed by atoms with van der Waals surface area (Å²) in [5.74, 6) is 0.690. The van der Waals surface area contributed by atoms with Crippen LogP contribution in [0.25, 0.3) is 0 Å². The minimum absolute atomic E-state index is 0.0226. The van der Waals surface area contributed by atoms with Crippen LogP contribution in [0.15, 0.2) is 17.1 Å². The minimum Gasteiger partial charge on any atom is -0.354 e. The van der Waals surface area contributed by atoms with E-state index in [2.05, 4.69) is 10.3 Å². The van der Waals surface area contributed by atoms with E-state index < -0.39 is 0 Å². The highest BCUT2D eigenvalue weighted by atomic mass is 35.5. The summed E-state index contributed by atoms with van der Waals surface area (Å²) in [5.41, 5.74) is 0. The Morgan fingerprint density at radius 3 is 2.52 bits per heavy atom. The third-order valence-corrected chi connectivity index (χ3v) is 3.88. The smallest absolute Gasteiger partial charge is 0.243 e. The number of carbonyl (C=O) groups excluding carboxylic acids is 1. The van der Waals surface area contributed by atoms with Crippen LogP contribution in [0.2, 0.25) is 4.34 Å². The molecule has 0 saturated carbocycles. The zero-order chi connectivity index (χ0) is 16.0. The third-order valence-electron chi connectivity index (χ3n) is 2.66. The van der Waals surface area contributed by atoms with Crippen LogP contribution in [-0.4, -0.2) is 55.4 Å². The van der Waals surface area contributed by atoms with E-state index in [9.17, 15) is 4.79 Å². The fraction of sp³-hybridized carbons (Fsp3) is 0.571. The van der Waals surface area contributed by atoms with E-state index in [4.69, 9.17) is 11.6 Å². The molecule has 0 aliphatic heterocycles. The molecule has 1 N–H and O–H groups in total. The molecular formula is C14H23ClN4OS. The van der Waals surface area contributed by atoms with Crippen molar-refractivity contribution < 1.29 is 4.79 Å². The molecule has 0 radical (unpaired) electrons. The van der Waals surface area contributed by atoms with E-state index in [1.165, 1.54) is 4.90 Å². The molecule has 21 heavy (non-hydrogen) atoms. The van der Waals surface area contributed by atoms with Crippen molar-refractivity contribution in [2.24, 2.45) is 4.99 Å². The van der Waals surface area contributed by atoms with Crippen molar-refractivity contribution in [2.45, 2.75) is 26.4 Å². The Morgan fingerprint density at radius 1 is 1.38 bits per heavy atom. The number of thiophene rings is 1. The van der Waals surface area contributed by atoms with Gasteiger partial charge in [-0.15, -0.1) is 11.3 Å². The molecule has 0 aliphatic rings. The Balaban J connectivity index is 2.75. The molecule has 7 heteroatoms. The second kappa shape index (κ2) is 8.24. The first kappa shape index (κ1) is 17.8. The normalized spacial score (nSPS) is 11.7. The highest BCUT2D eigenvalue weighted by molar-refractivity contribution is 7.16. The van der Waals surface area contributed by atoms with E-state index in [1.54, 1.807) is 25.4 Å². The molecule has 0 aliphatic carbocycles. The van der Waals surface area contributed by atoms with Crippen LogP contribution in [0.4, 0.5) is 0 Å². The Morgan fingerprint density at radius 2 is 2.05 bits per heavy atom. The van der Waals surface area contributed by atoms with Crippen molar-refractivity contribution in [1.82, 2.24) is 15.1 Å². The Hall–Kier alpha value is -1.27. The number of nitrogens with zero attached hydrogens (tertiary/aromatic N) is 3. The fourth-order valence-electron chi connectivity index (χ4n) is 1.56. The SMILES string of the molecule is CC(C)NC(=NCC(=O)N(C)C)N(C)Cc1ccc(Cl)s1. The average Bonchev–Trinajstić information content (AvgIpc) is 2.78. The van der Waals surface area contributed by atoms with Gasteiger partial charge in [-0.25, -0.2) is 4.99 Å². The first-order valence-electron chi connectivity index (χ1n) is 6.76. The van der Waals surface area contributed by atoms with Gasteiger partial charge in [0.05, 0.1) is 10.9 Å². The van der Waals surface area contributed by atoms with Crippen LogP contribution < -0.4 is 5.32 Å². The molecule has 118 valence electrons. The number of amides is 1. The molecule has 1 aromatic heterocycles. The van der Waals surface area contributed by atoms with Crippen molar-refractivity contribution in [1.29, 1.82) is 0 Å². The number of nitrogens with one attached hydrogen (secondary N) is 1. The molecule has 0 saturated heterocycles. The van der Waals surface area contributed by atoms with Crippen molar-refractivity contribution in [3.8, 4) is 0 Å². The third kappa shape index (κ3) is 6.35. The van der Waals surface area contributed by atoms with Gasteiger partial charge in [-0.05, 0) is 26.0 Å². The van der Waals surface area contributed by atoms with Gasteiger partial charge < -0.3 is 15.1 Å². The first-order chi connectivity index (χ1) is 9.79. The molecule has 0 fully saturated rings. The highest BCUT2D eigenvalue weighted by Crippen LogP contribution is 2.22. The van der Waals surface area contributed by atoms with Gasteiger partial charge in [-0.2, -0.15) is 0 Å². The zero-order valence-electron chi connectivity index (χ0n) is 13.2. The predicted octanol–water partition coefficient (Wildman–Crippen LogP) is 2.28. The first-order valence-corrected chi connectivity index (χ1v) is 7.95. The van der Waals surface area contributed by atoms with Gasteiger partial charge in [-0.3, -0.25) is 4.79 Å². The van der Waals surface area contributed by atoms with E-state index in [0.29, 0.717) is 12.5 Å². The van der Waals surface area contributed by atoms with Gasteiger partial charge in [0.15, 0.2) is 5.96 Å². The van der Waals surface area contributed by atoms with Crippen LogP contribution in [0.1, 0.15) is 18.7 Å². The topological polar surface area (TPSA) is 47.9 Å². The number of carbonyl (C=O) groups is 1. The predicted molar refractivity (Wildman–Crippen MR) is 90.1 cm³/mol. The van der Waals surface area contributed by atoms with Gasteiger partial charge >= 0.3 is 0 Å². The average molecular weight is 331 g/mol. The van der Waals surface area contributed by atoms with Gasteiger partial charge in [0.1, 0.15) is 6.54 Å². The van der Waals surface area contributed by atoms with E-state index in [0.717, 1.165) is 9.21 Å². The van der Waals surface area contributed by atoms with Crippen LogP contribution in [0.3, 0.4) is 0 Å². The monoisotopic (exact) mass is 330 g/mol. The summed E-state index contributed by atoms with van der Waals surface area (Å²) >= 11 is 7.50. The molecule has 0 aromatic carbocycles. The second-order valence-electron chi connectivity index (χ2n) is 5.29. The Bertz CT molecular complexity index is 499. The lowest BCUT2D eigenvalue weighted by Crippen LogP contribution is -2.42. The molecule has 0 atom stereocenters. The van der Waals surface area contributed by atoms with Crippen LogP contribution >= 0.6 is 22.9 Å². The number of hydrogen-bond donors (Lipinski definition) is 1. The lowest BCUT2D eigenvalue weighted by Gasteiger charge is -2.24. The zero-order valence-corrected chi connectivity index (χ0v) is 14.8. The Kier molecular flexibility index (Phi) is 6.98.